The van der Waals surface area contributed by atoms with E-state index in [1.807, 2.05) is 30.3 Å². The van der Waals surface area contributed by atoms with Gasteiger partial charge in [0.05, 0.1) is 22.4 Å². The molecule has 4 aromatic rings. The summed E-state index contributed by atoms with van der Waals surface area (Å²) in [7, 11) is 1.58. The SMILES string of the molecule is COCCn1c(=NC(=O)c2c[nH]c3ccccc23)sc2cccc(F)c21. The van der Waals surface area contributed by atoms with Gasteiger partial charge in [0.15, 0.2) is 4.80 Å². The third kappa shape index (κ3) is 2.85. The number of hydrogen-bond acceptors (Lipinski definition) is 3. The fourth-order valence-electron chi connectivity index (χ4n) is 2.96. The van der Waals surface area contributed by atoms with Crippen molar-refractivity contribution in [3.63, 3.8) is 0 Å². The molecule has 0 saturated carbocycles. The van der Waals surface area contributed by atoms with Crippen molar-refractivity contribution in [2.45, 2.75) is 6.54 Å². The molecule has 4 rings (SSSR count). The Kier molecular flexibility index (Phi) is 4.40. The van der Waals surface area contributed by atoms with Crippen molar-refractivity contribution in [2.24, 2.45) is 4.99 Å². The molecule has 7 heteroatoms. The number of thiazole rings is 1. The summed E-state index contributed by atoms with van der Waals surface area (Å²) in [5, 5.41) is 0.817. The molecule has 0 fully saturated rings. The molecule has 0 radical (unpaired) electrons. The van der Waals surface area contributed by atoms with Crippen molar-refractivity contribution in [3.8, 4) is 0 Å². The molecular formula is C19H16FN3O2S. The number of ether oxygens (including phenoxy) is 1. The zero-order valence-corrected chi connectivity index (χ0v) is 14.8. The van der Waals surface area contributed by atoms with Crippen molar-refractivity contribution in [2.75, 3.05) is 13.7 Å². The van der Waals surface area contributed by atoms with Crippen LogP contribution in [-0.2, 0) is 11.3 Å². The molecule has 0 spiro atoms. The molecule has 0 aliphatic carbocycles. The van der Waals surface area contributed by atoms with Crippen LogP contribution in [0, 0.1) is 5.82 Å². The maximum absolute atomic E-state index is 14.3. The van der Waals surface area contributed by atoms with Crippen LogP contribution in [0.15, 0.2) is 53.7 Å². The Morgan fingerprint density at radius 3 is 2.96 bits per heavy atom. The molecule has 132 valence electrons. The lowest BCUT2D eigenvalue weighted by atomic mass is 10.2. The number of para-hydroxylation sites is 2. The minimum Gasteiger partial charge on any atom is -0.383 e. The van der Waals surface area contributed by atoms with Crippen LogP contribution >= 0.6 is 11.3 Å². The molecule has 0 atom stereocenters. The Hall–Kier alpha value is -2.77. The Labute approximate surface area is 152 Å². The van der Waals surface area contributed by atoms with E-state index < -0.39 is 0 Å². The number of amides is 1. The van der Waals surface area contributed by atoms with Crippen molar-refractivity contribution in [3.05, 3.63) is 64.8 Å². The average molecular weight is 369 g/mol. The quantitative estimate of drug-likeness (QED) is 0.596. The van der Waals surface area contributed by atoms with Crippen LogP contribution in [-0.4, -0.2) is 29.2 Å². The Morgan fingerprint density at radius 1 is 1.27 bits per heavy atom. The lowest BCUT2D eigenvalue weighted by Gasteiger charge is -2.04. The first-order chi connectivity index (χ1) is 12.7. The molecule has 2 aromatic carbocycles. The first kappa shape index (κ1) is 16.7. The Balaban J connectivity index is 1.87. The van der Waals surface area contributed by atoms with Gasteiger partial charge in [-0.05, 0) is 18.2 Å². The molecule has 1 amide bonds. The minimum atomic E-state index is -0.361. The summed E-state index contributed by atoms with van der Waals surface area (Å²) in [4.78, 5) is 20.6. The second-order valence-electron chi connectivity index (χ2n) is 5.78. The van der Waals surface area contributed by atoms with Gasteiger partial charge in [0.1, 0.15) is 5.82 Å². The molecule has 0 unspecified atom stereocenters. The van der Waals surface area contributed by atoms with Crippen LogP contribution in [0.25, 0.3) is 21.1 Å². The van der Waals surface area contributed by atoms with E-state index in [0.717, 1.165) is 15.6 Å². The standard InChI is InChI=1S/C19H16FN3O2S/c1-25-10-9-23-17-14(20)6-4-8-16(17)26-19(23)22-18(24)13-11-21-15-7-3-2-5-12(13)15/h2-8,11,21H,9-10H2,1H3. The monoisotopic (exact) mass is 369 g/mol. The topological polar surface area (TPSA) is 59.4 Å². The Morgan fingerprint density at radius 2 is 2.12 bits per heavy atom. The predicted molar refractivity (Wildman–Crippen MR) is 99.8 cm³/mol. The third-order valence-electron chi connectivity index (χ3n) is 4.19. The summed E-state index contributed by atoms with van der Waals surface area (Å²) in [5.74, 6) is -0.698. The van der Waals surface area contributed by atoms with E-state index in [0.29, 0.717) is 29.0 Å². The maximum Gasteiger partial charge on any atom is 0.281 e. The zero-order valence-electron chi connectivity index (χ0n) is 14.0. The zero-order chi connectivity index (χ0) is 18.1. The van der Waals surface area contributed by atoms with Gasteiger partial charge in [0.2, 0.25) is 0 Å². The first-order valence-electron chi connectivity index (χ1n) is 8.11. The highest BCUT2D eigenvalue weighted by atomic mass is 32.1. The number of carbonyl (C=O) groups excluding carboxylic acids is 1. The van der Waals surface area contributed by atoms with E-state index in [9.17, 15) is 9.18 Å². The largest absolute Gasteiger partial charge is 0.383 e. The van der Waals surface area contributed by atoms with Gasteiger partial charge in [-0.25, -0.2) is 4.39 Å². The minimum absolute atomic E-state index is 0.337. The summed E-state index contributed by atoms with van der Waals surface area (Å²) < 4.78 is 21.9. The fraction of sp³-hybridized carbons (Fsp3) is 0.158. The number of nitrogens with one attached hydrogen (secondary N) is 1. The summed E-state index contributed by atoms with van der Waals surface area (Å²) in [5.41, 5.74) is 1.82. The average Bonchev–Trinajstić information content (AvgIpc) is 3.22. The normalized spacial score (nSPS) is 12.3. The van der Waals surface area contributed by atoms with E-state index in [1.54, 1.807) is 23.9 Å². The molecule has 0 saturated heterocycles. The lowest BCUT2D eigenvalue weighted by molar-refractivity contribution is 0.0999. The third-order valence-corrected chi connectivity index (χ3v) is 5.23. The molecule has 0 aliphatic rings. The molecule has 0 bridgehead atoms. The second kappa shape index (κ2) is 6.86. The van der Waals surface area contributed by atoms with E-state index in [1.165, 1.54) is 17.4 Å². The number of carbonyl (C=O) groups is 1. The maximum atomic E-state index is 14.3. The van der Waals surface area contributed by atoms with E-state index in [4.69, 9.17) is 4.74 Å². The number of halogens is 1. The highest BCUT2D eigenvalue weighted by Crippen LogP contribution is 2.21. The van der Waals surface area contributed by atoms with Crippen molar-refractivity contribution < 1.29 is 13.9 Å². The van der Waals surface area contributed by atoms with Crippen LogP contribution in [0.1, 0.15) is 10.4 Å². The van der Waals surface area contributed by atoms with Crippen LogP contribution in [0.3, 0.4) is 0 Å². The van der Waals surface area contributed by atoms with Crippen LogP contribution in [0.4, 0.5) is 4.39 Å². The number of fused-ring (bicyclic) bond motifs is 2. The summed E-state index contributed by atoms with van der Waals surface area (Å²) in [6.45, 7) is 0.812. The molecule has 26 heavy (non-hydrogen) atoms. The highest BCUT2D eigenvalue weighted by molar-refractivity contribution is 7.16. The van der Waals surface area contributed by atoms with Crippen molar-refractivity contribution >= 4 is 38.4 Å². The van der Waals surface area contributed by atoms with Gasteiger partial charge in [0.25, 0.3) is 5.91 Å². The van der Waals surface area contributed by atoms with Gasteiger partial charge >= 0.3 is 0 Å². The van der Waals surface area contributed by atoms with Crippen LogP contribution in [0.5, 0.6) is 0 Å². The van der Waals surface area contributed by atoms with Gasteiger partial charge in [-0.1, -0.05) is 35.6 Å². The number of H-pyrrole nitrogens is 1. The van der Waals surface area contributed by atoms with Gasteiger partial charge in [-0.2, -0.15) is 4.99 Å². The molecular weight excluding hydrogens is 353 g/mol. The number of methoxy groups -OCH3 is 1. The van der Waals surface area contributed by atoms with Gasteiger partial charge < -0.3 is 14.3 Å². The molecule has 5 nitrogen and oxygen atoms in total. The lowest BCUT2D eigenvalue weighted by Crippen LogP contribution is -2.19. The molecule has 1 N–H and O–H groups in total. The number of benzene rings is 2. The molecule has 2 aromatic heterocycles. The van der Waals surface area contributed by atoms with Gasteiger partial charge in [-0.3, -0.25) is 4.79 Å². The van der Waals surface area contributed by atoms with Gasteiger partial charge in [0, 0.05) is 30.8 Å². The Bertz CT molecular complexity index is 1170. The van der Waals surface area contributed by atoms with E-state index in [2.05, 4.69) is 9.98 Å². The second-order valence-corrected chi connectivity index (χ2v) is 6.79. The number of hydrogen-bond donors (Lipinski definition) is 1. The van der Waals surface area contributed by atoms with Gasteiger partial charge in [-0.15, -0.1) is 0 Å². The van der Waals surface area contributed by atoms with Crippen LogP contribution < -0.4 is 4.80 Å². The van der Waals surface area contributed by atoms with E-state index in [-0.39, 0.29) is 11.7 Å². The molecule has 0 aliphatic heterocycles. The predicted octanol–water partition coefficient (Wildman–Crippen LogP) is 3.71. The summed E-state index contributed by atoms with van der Waals surface area (Å²) in [6, 6.07) is 12.4. The number of rotatable bonds is 4. The van der Waals surface area contributed by atoms with Crippen molar-refractivity contribution in [1.82, 2.24) is 9.55 Å². The summed E-state index contributed by atoms with van der Waals surface area (Å²) in [6.07, 6.45) is 1.66. The highest BCUT2D eigenvalue weighted by Gasteiger charge is 2.14. The summed E-state index contributed by atoms with van der Waals surface area (Å²) >= 11 is 1.29. The molecule has 2 heterocycles. The number of nitrogens with zero attached hydrogens (tertiary/aromatic N) is 2. The van der Waals surface area contributed by atoms with Crippen LogP contribution in [0.2, 0.25) is 0 Å². The smallest absolute Gasteiger partial charge is 0.281 e. The first-order valence-corrected chi connectivity index (χ1v) is 8.92. The number of aromatic amines is 1. The number of aromatic nitrogens is 2. The van der Waals surface area contributed by atoms with Crippen molar-refractivity contribution in [1.29, 1.82) is 0 Å². The fourth-order valence-corrected chi connectivity index (χ4v) is 4.03. The van der Waals surface area contributed by atoms with E-state index >= 15 is 0 Å².